The Morgan fingerprint density at radius 2 is 1.96 bits per heavy atom. The third-order valence-electron chi connectivity index (χ3n) is 4.28. The highest BCUT2D eigenvalue weighted by Crippen LogP contribution is 2.16. The Hall–Kier alpha value is -1.68. The average molecular weight is 371 g/mol. The van der Waals surface area contributed by atoms with Crippen molar-refractivity contribution in [2.45, 2.75) is 31.4 Å². The van der Waals surface area contributed by atoms with Crippen LogP contribution in [-0.4, -0.2) is 73.1 Å². The maximum atomic E-state index is 12.3. The van der Waals surface area contributed by atoms with Crippen LogP contribution in [0.1, 0.15) is 18.4 Å². The minimum atomic E-state index is -3.62. The second-order valence-electron chi connectivity index (χ2n) is 6.37. The van der Waals surface area contributed by atoms with Gasteiger partial charge in [0.1, 0.15) is 5.75 Å². The summed E-state index contributed by atoms with van der Waals surface area (Å²) in [6, 6.07) is 6.07. The predicted octanol–water partition coefficient (Wildman–Crippen LogP) is -0.317. The molecule has 1 aliphatic rings. The summed E-state index contributed by atoms with van der Waals surface area (Å²) in [6.45, 7) is 0.501. The van der Waals surface area contributed by atoms with Crippen LogP contribution in [0.25, 0.3) is 0 Å². The number of benzene rings is 1. The van der Waals surface area contributed by atoms with Crippen molar-refractivity contribution in [1.29, 1.82) is 0 Å². The predicted molar refractivity (Wildman–Crippen MR) is 93.2 cm³/mol. The number of phenolic OH excluding ortho intramolecular Hbond substituents is 1. The number of likely N-dealkylation sites (tertiary alicyclic amines) is 1. The van der Waals surface area contributed by atoms with Crippen molar-refractivity contribution in [3.8, 4) is 5.75 Å². The fourth-order valence-corrected chi connectivity index (χ4v) is 3.53. The van der Waals surface area contributed by atoms with Gasteiger partial charge in [-0.25, -0.2) is 0 Å². The molecule has 140 valence electrons. The number of amides is 1. The van der Waals surface area contributed by atoms with Crippen molar-refractivity contribution in [3.05, 3.63) is 29.8 Å². The van der Waals surface area contributed by atoms with E-state index >= 15 is 0 Å². The van der Waals surface area contributed by atoms with Crippen molar-refractivity contribution in [3.63, 3.8) is 0 Å². The summed E-state index contributed by atoms with van der Waals surface area (Å²) < 4.78 is 27.2. The Bertz CT molecular complexity index is 690. The summed E-state index contributed by atoms with van der Waals surface area (Å²) in [6.07, 6.45) is 0.258. The number of carbonyl (C=O) groups is 1. The summed E-state index contributed by atoms with van der Waals surface area (Å²) in [5, 5.41) is 19.4. The molecule has 1 amide bonds. The van der Waals surface area contributed by atoms with Gasteiger partial charge in [-0.05, 0) is 30.5 Å². The molecule has 0 unspecified atom stereocenters. The zero-order valence-corrected chi connectivity index (χ0v) is 15.2. The van der Waals surface area contributed by atoms with E-state index in [-0.39, 0.29) is 18.2 Å². The SMILES string of the molecule is CN(C)S(=O)(=O)N[C@H]1CCN(C(=O)CCc2ccc(O)cc2)C[C@@H]1O. The summed E-state index contributed by atoms with van der Waals surface area (Å²) in [7, 11) is -0.792. The topological polar surface area (TPSA) is 110 Å². The minimum Gasteiger partial charge on any atom is -0.508 e. The molecule has 9 heteroatoms. The molecule has 8 nitrogen and oxygen atoms in total. The molecule has 0 radical (unpaired) electrons. The number of β-amino-alcohol motifs (C(OH)–C–C–N with tert-alkyl or cyclic N) is 1. The van der Waals surface area contributed by atoms with Crippen LogP contribution in [0.2, 0.25) is 0 Å². The van der Waals surface area contributed by atoms with Crippen molar-refractivity contribution in [1.82, 2.24) is 13.9 Å². The quantitative estimate of drug-likeness (QED) is 0.635. The van der Waals surface area contributed by atoms with Crippen LogP contribution in [0.3, 0.4) is 0 Å². The van der Waals surface area contributed by atoms with E-state index in [2.05, 4.69) is 4.72 Å². The molecule has 0 aliphatic carbocycles. The zero-order valence-electron chi connectivity index (χ0n) is 14.4. The van der Waals surface area contributed by atoms with Crippen LogP contribution in [0.4, 0.5) is 0 Å². The first-order valence-electron chi connectivity index (χ1n) is 8.12. The lowest BCUT2D eigenvalue weighted by Gasteiger charge is -2.36. The molecule has 3 N–H and O–H groups in total. The number of aliphatic hydroxyl groups excluding tert-OH is 1. The van der Waals surface area contributed by atoms with Crippen LogP contribution in [0.5, 0.6) is 5.75 Å². The van der Waals surface area contributed by atoms with Gasteiger partial charge in [-0.2, -0.15) is 17.4 Å². The molecular weight excluding hydrogens is 346 g/mol. The average Bonchev–Trinajstić information content (AvgIpc) is 2.55. The number of phenols is 1. The Morgan fingerprint density at radius 1 is 1.32 bits per heavy atom. The Balaban J connectivity index is 1.85. The van der Waals surface area contributed by atoms with Gasteiger partial charge in [0, 0.05) is 33.6 Å². The van der Waals surface area contributed by atoms with E-state index in [0.717, 1.165) is 9.87 Å². The lowest BCUT2D eigenvalue weighted by molar-refractivity contribution is -0.134. The molecule has 0 aromatic heterocycles. The highest BCUT2D eigenvalue weighted by atomic mass is 32.2. The summed E-state index contributed by atoms with van der Waals surface area (Å²) in [5.41, 5.74) is 0.945. The molecule has 0 saturated carbocycles. The molecule has 1 aliphatic heterocycles. The number of piperidine rings is 1. The first-order chi connectivity index (χ1) is 11.7. The lowest BCUT2D eigenvalue weighted by atomic mass is 10.0. The van der Waals surface area contributed by atoms with E-state index < -0.39 is 22.4 Å². The Kier molecular flexibility index (Phi) is 6.39. The van der Waals surface area contributed by atoms with Gasteiger partial charge in [-0.3, -0.25) is 4.79 Å². The monoisotopic (exact) mass is 371 g/mol. The Labute approximate surface area is 148 Å². The fraction of sp³-hybridized carbons (Fsp3) is 0.562. The minimum absolute atomic E-state index is 0.0824. The normalized spacial score (nSPS) is 21.5. The molecule has 1 saturated heterocycles. The molecule has 0 spiro atoms. The largest absolute Gasteiger partial charge is 0.508 e. The van der Waals surface area contributed by atoms with Gasteiger partial charge in [-0.1, -0.05) is 12.1 Å². The highest BCUT2D eigenvalue weighted by Gasteiger charge is 2.33. The van der Waals surface area contributed by atoms with Gasteiger partial charge in [-0.15, -0.1) is 0 Å². The van der Waals surface area contributed by atoms with Gasteiger partial charge in [0.25, 0.3) is 10.2 Å². The summed E-state index contributed by atoms with van der Waals surface area (Å²) in [4.78, 5) is 13.9. The van der Waals surface area contributed by atoms with Crippen molar-refractivity contribution >= 4 is 16.1 Å². The first-order valence-corrected chi connectivity index (χ1v) is 9.56. The molecule has 1 aromatic carbocycles. The molecular formula is C16H25N3O5S. The molecule has 2 rings (SSSR count). The third kappa shape index (κ3) is 5.40. The number of hydrogen-bond acceptors (Lipinski definition) is 5. The molecule has 25 heavy (non-hydrogen) atoms. The number of carbonyl (C=O) groups excluding carboxylic acids is 1. The van der Waals surface area contributed by atoms with Crippen molar-refractivity contribution in [2.24, 2.45) is 0 Å². The van der Waals surface area contributed by atoms with Crippen LogP contribution >= 0.6 is 0 Å². The second kappa shape index (κ2) is 8.13. The van der Waals surface area contributed by atoms with E-state index in [1.165, 1.54) is 14.1 Å². The molecule has 1 fully saturated rings. The number of aliphatic hydroxyl groups is 1. The number of aromatic hydroxyl groups is 1. The number of rotatable bonds is 6. The Morgan fingerprint density at radius 3 is 2.52 bits per heavy atom. The van der Waals surface area contributed by atoms with Crippen molar-refractivity contribution < 1.29 is 23.4 Å². The van der Waals surface area contributed by atoms with Gasteiger partial charge >= 0.3 is 0 Å². The van der Waals surface area contributed by atoms with Crippen molar-refractivity contribution in [2.75, 3.05) is 27.2 Å². The molecule has 1 aromatic rings. The number of aryl methyl sites for hydroxylation is 1. The van der Waals surface area contributed by atoms with E-state index in [1.54, 1.807) is 29.2 Å². The fourth-order valence-electron chi connectivity index (χ4n) is 2.66. The van der Waals surface area contributed by atoms with Crippen LogP contribution < -0.4 is 4.72 Å². The standard InChI is InChI=1S/C16H25N3O5S/c1-18(2)25(23,24)17-14-9-10-19(11-15(14)21)16(22)8-5-12-3-6-13(20)7-4-12/h3-4,6-7,14-15,17,20-21H,5,8-11H2,1-2H3/t14-,15-/m0/s1. The second-order valence-corrected chi connectivity index (χ2v) is 8.29. The van der Waals surface area contributed by atoms with Gasteiger partial charge in [0.15, 0.2) is 0 Å². The number of nitrogens with zero attached hydrogens (tertiary/aromatic N) is 2. The van der Waals surface area contributed by atoms with Gasteiger partial charge in [0.2, 0.25) is 5.91 Å². The van der Waals surface area contributed by atoms with E-state index in [1.807, 2.05) is 0 Å². The van der Waals surface area contributed by atoms with E-state index in [9.17, 15) is 23.4 Å². The van der Waals surface area contributed by atoms with Gasteiger partial charge in [0.05, 0.1) is 12.1 Å². The van der Waals surface area contributed by atoms with Crippen LogP contribution in [0.15, 0.2) is 24.3 Å². The molecule has 2 atom stereocenters. The summed E-state index contributed by atoms with van der Waals surface area (Å²) in [5.74, 6) is 0.0986. The van der Waals surface area contributed by atoms with Crippen LogP contribution in [0, 0.1) is 0 Å². The number of hydrogen-bond donors (Lipinski definition) is 3. The van der Waals surface area contributed by atoms with Crippen LogP contribution in [-0.2, 0) is 21.4 Å². The van der Waals surface area contributed by atoms with E-state index in [4.69, 9.17) is 0 Å². The molecule has 0 bridgehead atoms. The van der Waals surface area contributed by atoms with E-state index in [0.29, 0.717) is 25.8 Å². The lowest BCUT2D eigenvalue weighted by Crippen LogP contribution is -2.56. The summed E-state index contributed by atoms with van der Waals surface area (Å²) >= 11 is 0. The third-order valence-corrected chi connectivity index (χ3v) is 5.84. The maximum Gasteiger partial charge on any atom is 0.279 e. The highest BCUT2D eigenvalue weighted by molar-refractivity contribution is 7.87. The first kappa shape index (κ1) is 19.6. The maximum absolute atomic E-state index is 12.3. The smallest absolute Gasteiger partial charge is 0.279 e. The molecule has 1 heterocycles. The number of nitrogens with one attached hydrogen (secondary N) is 1. The zero-order chi connectivity index (χ0) is 18.6. The van der Waals surface area contributed by atoms with Gasteiger partial charge < -0.3 is 15.1 Å².